The molecule has 1 heteroatoms. The molecule has 0 radical (unpaired) electrons. The Morgan fingerprint density at radius 2 is 1.94 bits per heavy atom. The second-order valence-corrected chi connectivity index (χ2v) is 6.36. The van der Waals surface area contributed by atoms with Crippen molar-refractivity contribution in [3.63, 3.8) is 0 Å². The molecule has 1 saturated carbocycles. The van der Waals surface area contributed by atoms with E-state index < -0.39 is 0 Å². The lowest BCUT2D eigenvalue weighted by molar-refractivity contribution is 0.257. The van der Waals surface area contributed by atoms with Gasteiger partial charge in [-0.25, -0.2) is 0 Å². The number of piperidine rings is 1. The van der Waals surface area contributed by atoms with Crippen molar-refractivity contribution in [3.8, 4) is 0 Å². The predicted octanol–water partition coefficient (Wildman–Crippen LogP) is 3.77. The van der Waals surface area contributed by atoms with Crippen LogP contribution < -0.4 is 5.32 Å². The number of fused-ring (bicyclic) bond motifs is 1. The third-order valence-electron chi connectivity index (χ3n) is 5.05. The van der Waals surface area contributed by atoms with Crippen LogP contribution in [0.25, 0.3) is 0 Å². The average molecular weight is 243 g/mol. The van der Waals surface area contributed by atoms with E-state index >= 15 is 0 Å². The Labute approximate surface area is 111 Å². The molecular weight excluding hydrogens is 218 g/mol. The van der Waals surface area contributed by atoms with Crippen LogP contribution in [0.5, 0.6) is 0 Å². The van der Waals surface area contributed by atoms with Gasteiger partial charge in [0.2, 0.25) is 0 Å². The lowest BCUT2D eigenvalue weighted by Gasteiger charge is -2.33. The molecule has 1 aromatic carbocycles. The summed E-state index contributed by atoms with van der Waals surface area (Å²) in [5.74, 6) is 0.987. The highest BCUT2D eigenvalue weighted by Gasteiger charge is 2.32. The minimum Gasteiger partial charge on any atom is -0.311 e. The molecule has 1 nitrogen and oxygen atoms in total. The molecule has 2 fully saturated rings. The zero-order valence-corrected chi connectivity index (χ0v) is 11.7. The topological polar surface area (TPSA) is 12.0 Å². The molecule has 1 aliphatic heterocycles. The number of nitrogens with one attached hydrogen (secondary N) is 1. The SMILES string of the molecule is Cc1ccc(CC2CCC3CCCC3N2)cc1C. The maximum atomic E-state index is 3.90. The molecule has 1 heterocycles. The third kappa shape index (κ3) is 2.47. The second-order valence-electron chi connectivity index (χ2n) is 6.36. The molecular formula is C17H25N. The zero-order chi connectivity index (χ0) is 12.5. The predicted molar refractivity (Wildman–Crippen MR) is 76.9 cm³/mol. The molecule has 0 amide bonds. The fourth-order valence-corrected chi connectivity index (χ4v) is 3.78. The van der Waals surface area contributed by atoms with Crippen LogP contribution in [0.15, 0.2) is 18.2 Å². The number of rotatable bonds is 2. The fourth-order valence-electron chi connectivity index (χ4n) is 3.78. The van der Waals surface area contributed by atoms with Gasteiger partial charge in [0.1, 0.15) is 0 Å². The standard InChI is InChI=1S/C17H25N/c1-12-6-7-14(10-13(12)2)11-16-9-8-15-4-3-5-17(15)18-16/h6-7,10,15-18H,3-5,8-9,11H2,1-2H3. The maximum Gasteiger partial charge on any atom is 0.0110 e. The van der Waals surface area contributed by atoms with Crippen LogP contribution in [0.2, 0.25) is 0 Å². The quantitative estimate of drug-likeness (QED) is 0.834. The number of hydrogen-bond acceptors (Lipinski definition) is 1. The van der Waals surface area contributed by atoms with E-state index in [0.29, 0.717) is 6.04 Å². The molecule has 18 heavy (non-hydrogen) atoms. The average Bonchev–Trinajstić information content (AvgIpc) is 2.81. The number of hydrogen-bond donors (Lipinski definition) is 1. The van der Waals surface area contributed by atoms with E-state index in [0.717, 1.165) is 12.0 Å². The Bertz CT molecular complexity index is 424. The van der Waals surface area contributed by atoms with Crippen LogP contribution in [0.4, 0.5) is 0 Å². The minimum atomic E-state index is 0.714. The number of aryl methyl sites for hydroxylation is 2. The molecule has 1 aliphatic carbocycles. The van der Waals surface area contributed by atoms with Gasteiger partial charge in [-0.15, -0.1) is 0 Å². The molecule has 2 aliphatic rings. The van der Waals surface area contributed by atoms with Crippen molar-refractivity contribution in [1.82, 2.24) is 5.32 Å². The van der Waals surface area contributed by atoms with E-state index in [1.54, 1.807) is 0 Å². The van der Waals surface area contributed by atoms with E-state index in [-0.39, 0.29) is 0 Å². The zero-order valence-electron chi connectivity index (χ0n) is 11.7. The molecule has 0 aromatic heterocycles. The van der Waals surface area contributed by atoms with Crippen LogP contribution in [-0.2, 0) is 6.42 Å². The van der Waals surface area contributed by atoms with E-state index in [1.165, 1.54) is 55.2 Å². The van der Waals surface area contributed by atoms with Gasteiger partial charge in [-0.1, -0.05) is 24.6 Å². The van der Waals surface area contributed by atoms with Gasteiger partial charge in [0.25, 0.3) is 0 Å². The summed E-state index contributed by atoms with van der Waals surface area (Å²) in [5.41, 5.74) is 4.35. The summed E-state index contributed by atoms with van der Waals surface area (Å²) in [4.78, 5) is 0. The first-order valence-corrected chi connectivity index (χ1v) is 7.54. The summed E-state index contributed by atoms with van der Waals surface area (Å²) in [5, 5.41) is 3.90. The normalized spacial score (nSPS) is 31.3. The molecule has 3 rings (SSSR count). The van der Waals surface area contributed by atoms with Crippen molar-refractivity contribution < 1.29 is 0 Å². The van der Waals surface area contributed by atoms with Gasteiger partial charge in [-0.3, -0.25) is 0 Å². The molecule has 3 atom stereocenters. The Hall–Kier alpha value is -0.820. The summed E-state index contributed by atoms with van der Waals surface area (Å²) < 4.78 is 0. The first kappa shape index (κ1) is 12.2. The monoisotopic (exact) mass is 243 g/mol. The highest BCUT2D eigenvalue weighted by molar-refractivity contribution is 5.30. The van der Waals surface area contributed by atoms with Gasteiger partial charge in [-0.05, 0) is 68.6 Å². The summed E-state index contributed by atoms with van der Waals surface area (Å²) in [7, 11) is 0. The van der Waals surface area contributed by atoms with Crippen molar-refractivity contribution in [3.05, 3.63) is 34.9 Å². The second kappa shape index (κ2) is 5.05. The molecule has 3 unspecified atom stereocenters. The molecule has 1 N–H and O–H groups in total. The molecule has 1 aromatic rings. The van der Waals surface area contributed by atoms with Crippen LogP contribution in [0.1, 0.15) is 48.8 Å². The Morgan fingerprint density at radius 3 is 2.78 bits per heavy atom. The molecule has 1 saturated heterocycles. The Morgan fingerprint density at radius 1 is 1.06 bits per heavy atom. The van der Waals surface area contributed by atoms with E-state index in [4.69, 9.17) is 0 Å². The van der Waals surface area contributed by atoms with Crippen molar-refractivity contribution in [2.24, 2.45) is 5.92 Å². The number of benzene rings is 1. The van der Waals surface area contributed by atoms with Crippen molar-refractivity contribution in [2.45, 2.75) is 64.5 Å². The minimum absolute atomic E-state index is 0.714. The lowest BCUT2D eigenvalue weighted by atomic mass is 9.87. The smallest absolute Gasteiger partial charge is 0.0110 e. The Balaban J connectivity index is 1.64. The van der Waals surface area contributed by atoms with Crippen molar-refractivity contribution in [2.75, 3.05) is 0 Å². The summed E-state index contributed by atoms with van der Waals surface area (Å²) in [6, 6.07) is 8.50. The maximum absolute atomic E-state index is 3.90. The van der Waals surface area contributed by atoms with Gasteiger partial charge >= 0.3 is 0 Å². The third-order valence-corrected chi connectivity index (χ3v) is 5.05. The van der Waals surface area contributed by atoms with Crippen LogP contribution in [-0.4, -0.2) is 12.1 Å². The van der Waals surface area contributed by atoms with Gasteiger partial charge in [0, 0.05) is 12.1 Å². The van der Waals surface area contributed by atoms with Gasteiger partial charge in [0.05, 0.1) is 0 Å². The lowest BCUT2D eigenvalue weighted by Crippen LogP contribution is -2.46. The highest BCUT2D eigenvalue weighted by atomic mass is 15.0. The highest BCUT2D eigenvalue weighted by Crippen LogP contribution is 2.34. The largest absolute Gasteiger partial charge is 0.311 e. The molecule has 0 bridgehead atoms. The van der Waals surface area contributed by atoms with Crippen LogP contribution in [0, 0.1) is 19.8 Å². The van der Waals surface area contributed by atoms with Gasteiger partial charge < -0.3 is 5.32 Å². The molecule has 0 spiro atoms. The van der Waals surface area contributed by atoms with Crippen molar-refractivity contribution >= 4 is 0 Å². The molecule has 98 valence electrons. The summed E-state index contributed by atoms with van der Waals surface area (Å²) in [6.45, 7) is 4.42. The van der Waals surface area contributed by atoms with Gasteiger partial charge in [0.15, 0.2) is 0 Å². The van der Waals surface area contributed by atoms with E-state index in [9.17, 15) is 0 Å². The van der Waals surface area contributed by atoms with E-state index in [2.05, 4.69) is 37.4 Å². The summed E-state index contributed by atoms with van der Waals surface area (Å²) >= 11 is 0. The Kier molecular flexibility index (Phi) is 3.43. The first-order valence-electron chi connectivity index (χ1n) is 7.54. The summed E-state index contributed by atoms with van der Waals surface area (Å²) in [6.07, 6.45) is 8.35. The van der Waals surface area contributed by atoms with Crippen LogP contribution in [0.3, 0.4) is 0 Å². The van der Waals surface area contributed by atoms with Crippen LogP contribution >= 0.6 is 0 Å². The van der Waals surface area contributed by atoms with Crippen molar-refractivity contribution in [1.29, 1.82) is 0 Å². The first-order chi connectivity index (χ1) is 8.72. The van der Waals surface area contributed by atoms with E-state index in [1.807, 2.05) is 0 Å². The van der Waals surface area contributed by atoms with Gasteiger partial charge in [-0.2, -0.15) is 0 Å². The fraction of sp³-hybridized carbons (Fsp3) is 0.647.